The summed E-state index contributed by atoms with van der Waals surface area (Å²) < 4.78 is 97.4. The second kappa shape index (κ2) is 4.58. The minimum Gasteiger partial charge on any atom is -0.224 e. The van der Waals surface area contributed by atoms with Crippen molar-refractivity contribution in [3.8, 4) is 0 Å². The van der Waals surface area contributed by atoms with Gasteiger partial charge in [0.1, 0.15) is 4.90 Å². The predicted octanol–water partition coefficient (Wildman–Crippen LogP) is 0.808. The minimum absolute atomic E-state index is 0.0456. The molecule has 0 fully saturated rings. The van der Waals surface area contributed by atoms with Crippen LogP contribution in [0.2, 0.25) is 0 Å². The molecule has 1 aromatic rings. The fourth-order valence-corrected chi connectivity index (χ4v) is 2.70. The zero-order valence-electron chi connectivity index (χ0n) is 8.82. The molecule has 0 aliphatic carbocycles. The molecular formula is C8H5F4NO4S2. The number of benzene rings is 1. The molecule has 2 N–H and O–H groups in total. The van der Waals surface area contributed by atoms with Crippen LogP contribution >= 0.6 is 0 Å². The zero-order chi connectivity index (χ0) is 15.2. The van der Waals surface area contributed by atoms with Gasteiger partial charge in [-0.2, -0.15) is 0 Å². The number of hydrogen-bond donors (Lipinski definition) is 1. The van der Waals surface area contributed by atoms with E-state index in [0.717, 1.165) is 0 Å². The van der Waals surface area contributed by atoms with Crippen molar-refractivity contribution in [2.24, 2.45) is 5.14 Å². The summed E-state index contributed by atoms with van der Waals surface area (Å²) in [5, 5.41) is 4.42. The van der Waals surface area contributed by atoms with Crippen molar-refractivity contribution in [3.63, 3.8) is 0 Å². The summed E-state index contributed by atoms with van der Waals surface area (Å²) in [6.07, 6.45) is 0. The first-order valence-corrected chi connectivity index (χ1v) is 7.30. The average molecular weight is 319 g/mol. The van der Waals surface area contributed by atoms with Gasteiger partial charge in [-0.1, -0.05) is 6.58 Å². The van der Waals surface area contributed by atoms with Gasteiger partial charge in [-0.05, 0) is 0 Å². The Bertz CT molecular complexity index is 741. The van der Waals surface area contributed by atoms with E-state index in [0.29, 0.717) is 0 Å². The molecule has 0 heterocycles. The highest BCUT2D eigenvalue weighted by Gasteiger charge is 2.35. The molecule has 0 unspecified atom stereocenters. The van der Waals surface area contributed by atoms with E-state index < -0.39 is 52.9 Å². The van der Waals surface area contributed by atoms with E-state index in [2.05, 4.69) is 11.7 Å². The van der Waals surface area contributed by atoms with Crippen molar-refractivity contribution in [3.05, 3.63) is 35.3 Å². The molecule has 0 spiro atoms. The summed E-state index contributed by atoms with van der Waals surface area (Å²) in [5.74, 6) is -9.66. The summed E-state index contributed by atoms with van der Waals surface area (Å²) >= 11 is 0. The third kappa shape index (κ3) is 2.48. The summed E-state index contributed by atoms with van der Waals surface area (Å²) in [6.45, 7) is 2.71. The van der Waals surface area contributed by atoms with Gasteiger partial charge in [0.25, 0.3) is 0 Å². The number of rotatable bonds is 3. The Morgan fingerprint density at radius 2 is 1.16 bits per heavy atom. The highest BCUT2D eigenvalue weighted by Crippen LogP contribution is 2.30. The average Bonchev–Trinajstić information content (AvgIpc) is 2.25. The highest BCUT2D eigenvalue weighted by molar-refractivity contribution is 7.94. The van der Waals surface area contributed by atoms with Crippen LogP contribution in [0.15, 0.2) is 21.8 Å². The maximum absolute atomic E-state index is 13.4. The number of hydrogen-bond acceptors (Lipinski definition) is 4. The SMILES string of the molecule is C=CS(=O)(=O)c1c(F)c(F)c(S(N)(=O)=O)c(F)c1F. The zero-order valence-corrected chi connectivity index (χ0v) is 10.5. The molecular weight excluding hydrogens is 314 g/mol. The van der Waals surface area contributed by atoms with Gasteiger partial charge >= 0.3 is 0 Å². The van der Waals surface area contributed by atoms with E-state index in [4.69, 9.17) is 0 Å². The molecule has 0 saturated carbocycles. The third-order valence-corrected chi connectivity index (χ3v) is 4.27. The summed E-state index contributed by atoms with van der Waals surface area (Å²) in [4.78, 5) is -4.07. The van der Waals surface area contributed by atoms with Crippen LogP contribution in [0.5, 0.6) is 0 Å². The van der Waals surface area contributed by atoms with E-state index in [9.17, 15) is 34.4 Å². The molecule has 0 aliphatic heterocycles. The van der Waals surface area contributed by atoms with Crippen LogP contribution in [0.1, 0.15) is 0 Å². The minimum atomic E-state index is -5.13. The topological polar surface area (TPSA) is 94.3 Å². The van der Waals surface area contributed by atoms with E-state index in [1.807, 2.05) is 0 Å². The van der Waals surface area contributed by atoms with Gasteiger partial charge in [0, 0.05) is 5.41 Å². The van der Waals surface area contributed by atoms with Crippen LogP contribution in [0.25, 0.3) is 0 Å². The Kier molecular flexibility index (Phi) is 3.76. The van der Waals surface area contributed by atoms with Crippen LogP contribution in [0.4, 0.5) is 17.6 Å². The molecule has 0 aliphatic rings. The molecule has 19 heavy (non-hydrogen) atoms. The van der Waals surface area contributed by atoms with Gasteiger partial charge in [0.05, 0.1) is 0 Å². The predicted molar refractivity (Wildman–Crippen MR) is 55.0 cm³/mol. The molecule has 11 heteroatoms. The van der Waals surface area contributed by atoms with Crippen LogP contribution in [-0.2, 0) is 19.9 Å². The number of sulfonamides is 1. The van der Waals surface area contributed by atoms with Crippen LogP contribution in [0, 0.1) is 23.3 Å². The van der Waals surface area contributed by atoms with Gasteiger partial charge in [-0.25, -0.2) is 39.5 Å². The number of nitrogens with two attached hydrogens (primary N) is 1. The third-order valence-electron chi connectivity index (χ3n) is 1.97. The lowest BCUT2D eigenvalue weighted by atomic mass is 10.3. The normalized spacial score (nSPS) is 12.5. The lowest BCUT2D eigenvalue weighted by molar-refractivity contribution is 0.391. The Labute approximate surface area is 105 Å². The van der Waals surface area contributed by atoms with Crippen molar-refractivity contribution in [1.82, 2.24) is 0 Å². The van der Waals surface area contributed by atoms with Crippen molar-refractivity contribution in [2.45, 2.75) is 9.79 Å². The van der Waals surface area contributed by atoms with E-state index >= 15 is 0 Å². The van der Waals surface area contributed by atoms with Gasteiger partial charge in [-0.15, -0.1) is 0 Å². The Morgan fingerprint density at radius 1 is 0.842 bits per heavy atom. The van der Waals surface area contributed by atoms with E-state index in [1.165, 1.54) is 0 Å². The van der Waals surface area contributed by atoms with Crippen LogP contribution < -0.4 is 5.14 Å². The maximum atomic E-state index is 13.4. The molecule has 1 aromatic carbocycles. The second-order valence-corrected chi connectivity index (χ2v) is 6.50. The molecule has 0 aromatic heterocycles. The summed E-state index contributed by atoms with van der Waals surface area (Å²) in [6, 6.07) is 0. The Hall–Kier alpha value is -1.46. The molecule has 106 valence electrons. The van der Waals surface area contributed by atoms with Crippen molar-refractivity contribution in [1.29, 1.82) is 0 Å². The number of halogens is 4. The summed E-state index contributed by atoms with van der Waals surface area (Å²) in [7, 11) is -10.00. The quantitative estimate of drug-likeness (QED) is 0.659. The summed E-state index contributed by atoms with van der Waals surface area (Å²) in [5.41, 5.74) is 0. The molecule has 0 amide bonds. The largest absolute Gasteiger partial charge is 0.244 e. The Morgan fingerprint density at radius 3 is 1.42 bits per heavy atom. The van der Waals surface area contributed by atoms with Gasteiger partial charge < -0.3 is 0 Å². The van der Waals surface area contributed by atoms with Gasteiger partial charge in [-0.3, -0.25) is 0 Å². The van der Waals surface area contributed by atoms with Gasteiger partial charge in [0.2, 0.25) is 19.9 Å². The molecule has 1 rings (SSSR count). The number of primary sulfonamides is 1. The molecule has 0 saturated heterocycles. The van der Waals surface area contributed by atoms with Gasteiger partial charge in [0.15, 0.2) is 28.2 Å². The highest BCUT2D eigenvalue weighted by atomic mass is 32.2. The Balaban J connectivity index is 4.04. The molecule has 5 nitrogen and oxygen atoms in total. The van der Waals surface area contributed by atoms with Crippen LogP contribution in [-0.4, -0.2) is 16.8 Å². The lowest BCUT2D eigenvalue weighted by Crippen LogP contribution is -2.20. The molecule has 0 bridgehead atoms. The molecule has 0 radical (unpaired) electrons. The standard InChI is InChI=1S/C8H5F4NO4S2/c1-2-18(14,15)7-3(9)5(11)8(19(13,16)17)6(12)4(7)10/h2H,1H2,(H2,13,16,17). The second-order valence-electron chi connectivity index (χ2n) is 3.17. The first kappa shape index (κ1) is 15.6. The van der Waals surface area contributed by atoms with Crippen LogP contribution in [0.3, 0.4) is 0 Å². The number of sulfone groups is 1. The van der Waals surface area contributed by atoms with E-state index in [-0.39, 0.29) is 5.41 Å². The van der Waals surface area contributed by atoms with Crippen molar-refractivity contribution < 1.29 is 34.4 Å². The molecule has 0 atom stereocenters. The first-order valence-electron chi connectivity index (χ1n) is 4.21. The lowest BCUT2D eigenvalue weighted by Gasteiger charge is -2.09. The van der Waals surface area contributed by atoms with Crippen molar-refractivity contribution >= 4 is 19.9 Å². The maximum Gasteiger partial charge on any atom is 0.244 e. The van der Waals surface area contributed by atoms with Crippen molar-refractivity contribution in [2.75, 3.05) is 0 Å². The first-order chi connectivity index (χ1) is 8.45. The fraction of sp³-hybridized carbons (Fsp3) is 0. The monoisotopic (exact) mass is 319 g/mol. The van der Waals surface area contributed by atoms with E-state index in [1.54, 1.807) is 0 Å². The fourth-order valence-electron chi connectivity index (χ4n) is 1.17. The smallest absolute Gasteiger partial charge is 0.224 e.